The van der Waals surface area contributed by atoms with Gasteiger partial charge in [0.15, 0.2) is 6.54 Å². The molecule has 2 N–H and O–H groups in total. The van der Waals surface area contributed by atoms with Crippen LogP contribution in [0, 0.1) is 0 Å². The molecule has 2 rings (SSSR count). The highest BCUT2D eigenvalue weighted by molar-refractivity contribution is 5.93. The first-order chi connectivity index (χ1) is 12.7. The second-order valence-electron chi connectivity index (χ2n) is 6.12. The van der Waals surface area contributed by atoms with Crippen LogP contribution in [0.2, 0.25) is 0 Å². The molecule has 0 bridgehead atoms. The molecular formula is C19H20F3N2O3+. The number of anilines is 1. The standard InChI is InChI=1S/C19H19F3N2O3/c1-24(11-13-3-7-15(8-4-13)19(20,21)22)12-17(25)23-16-9-5-14(6-10-16)18(26)27-2/h3-10H,11-12H2,1-2H3,(H,23,25)/p+1. The van der Waals surface area contributed by atoms with Crippen molar-refractivity contribution in [3.05, 3.63) is 65.2 Å². The summed E-state index contributed by atoms with van der Waals surface area (Å²) < 4.78 is 42.3. The molecule has 0 aliphatic rings. The zero-order valence-electron chi connectivity index (χ0n) is 14.9. The van der Waals surface area contributed by atoms with E-state index >= 15 is 0 Å². The number of esters is 1. The molecule has 0 aliphatic heterocycles. The second-order valence-corrected chi connectivity index (χ2v) is 6.12. The van der Waals surface area contributed by atoms with Crippen LogP contribution in [0.1, 0.15) is 21.5 Å². The van der Waals surface area contributed by atoms with Gasteiger partial charge in [0.1, 0.15) is 6.54 Å². The van der Waals surface area contributed by atoms with Gasteiger partial charge in [0.25, 0.3) is 5.91 Å². The van der Waals surface area contributed by atoms with E-state index in [0.717, 1.165) is 17.0 Å². The van der Waals surface area contributed by atoms with Crippen molar-refractivity contribution < 1.29 is 32.4 Å². The highest BCUT2D eigenvalue weighted by atomic mass is 19.4. The van der Waals surface area contributed by atoms with E-state index in [1.807, 2.05) is 0 Å². The number of halogens is 3. The van der Waals surface area contributed by atoms with Gasteiger partial charge < -0.3 is 15.0 Å². The van der Waals surface area contributed by atoms with Crippen molar-refractivity contribution in [2.75, 3.05) is 26.0 Å². The molecule has 27 heavy (non-hydrogen) atoms. The molecule has 2 aromatic rings. The normalized spacial score (nSPS) is 12.3. The van der Waals surface area contributed by atoms with E-state index < -0.39 is 17.7 Å². The molecular weight excluding hydrogens is 361 g/mol. The Bertz CT molecular complexity index is 787. The van der Waals surface area contributed by atoms with Gasteiger partial charge in [0.2, 0.25) is 0 Å². The van der Waals surface area contributed by atoms with Gasteiger partial charge in [-0.1, -0.05) is 12.1 Å². The molecule has 0 fully saturated rings. The Morgan fingerprint density at radius 2 is 1.63 bits per heavy atom. The van der Waals surface area contributed by atoms with E-state index in [9.17, 15) is 22.8 Å². The molecule has 8 heteroatoms. The number of ether oxygens (including phenoxy) is 1. The summed E-state index contributed by atoms with van der Waals surface area (Å²) in [5.74, 6) is -0.709. The Morgan fingerprint density at radius 3 is 2.15 bits per heavy atom. The average Bonchev–Trinajstić information content (AvgIpc) is 2.61. The first kappa shape index (κ1) is 20.4. The maximum absolute atomic E-state index is 12.6. The molecule has 0 saturated carbocycles. The molecule has 0 aromatic heterocycles. The zero-order chi connectivity index (χ0) is 20.0. The summed E-state index contributed by atoms with van der Waals surface area (Å²) in [5.41, 5.74) is 0.920. The first-order valence-electron chi connectivity index (χ1n) is 8.14. The number of amides is 1. The molecule has 0 heterocycles. The average molecular weight is 381 g/mol. The van der Waals surface area contributed by atoms with Crippen molar-refractivity contribution >= 4 is 17.6 Å². The van der Waals surface area contributed by atoms with E-state index in [-0.39, 0.29) is 12.5 Å². The van der Waals surface area contributed by atoms with Gasteiger partial charge in [0.05, 0.1) is 25.3 Å². The maximum Gasteiger partial charge on any atom is 0.416 e. The van der Waals surface area contributed by atoms with Gasteiger partial charge in [-0.2, -0.15) is 13.2 Å². The number of likely N-dealkylation sites (N-methyl/N-ethyl adjacent to an activating group) is 1. The number of nitrogens with one attached hydrogen (secondary N) is 2. The summed E-state index contributed by atoms with van der Waals surface area (Å²) in [6.07, 6.45) is -4.36. The molecule has 1 unspecified atom stereocenters. The Hall–Kier alpha value is -2.87. The molecule has 0 spiro atoms. The molecule has 0 saturated heterocycles. The Labute approximate surface area is 154 Å². The lowest BCUT2D eigenvalue weighted by Gasteiger charge is -2.14. The number of carbonyl (C=O) groups excluding carboxylic acids is 2. The number of rotatable bonds is 6. The Morgan fingerprint density at radius 1 is 1.04 bits per heavy atom. The maximum atomic E-state index is 12.6. The minimum atomic E-state index is -4.36. The van der Waals surface area contributed by atoms with Crippen LogP contribution >= 0.6 is 0 Å². The van der Waals surface area contributed by atoms with Crippen molar-refractivity contribution in [1.29, 1.82) is 0 Å². The molecule has 144 valence electrons. The van der Waals surface area contributed by atoms with Crippen LogP contribution in [0.15, 0.2) is 48.5 Å². The highest BCUT2D eigenvalue weighted by Crippen LogP contribution is 2.28. The number of hydrogen-bond donors (Lipinski definition) is 2. The fourth-order valence-electron chi connectivity index (χ4n) is 2.51. The number of benzene rings is 2. The topological polar surface area (TPSA) is 59.8 Å². The fourth-order valence-corrected chi connectivity index (χ4v) is 2.51. The lowest BCUT2D eigenvalue weighted by atomic mass is 10.1. The quantitative estimate of drug-likeness (QED) is 0.754. The lowest BCUT2D eigenvalue weighted by Crippen LogP contribution is -3.08. The van der Waals surface area contributed by atoms with Crippen LogP contribution in [-0.2, 0) is 22.3 Å². The van der Waals surface area contributed by atoms with Crippen LogP contribution in [0.5, 0.6) is 0 Å². The van der Waals surface area contributed by atoms with Crippen molar-refractivity contribution in [2.24, 2.45) is 0 Å². The van der Waals surface area contributed by atoms with E-state index in [1.165, 1.54) is 19.2 Å². The number of methoxy groups -OCH3 is 1. The third kappa shape index (κ3) is 6.10. The van der Waals surface area contributed by atoms with Crippen LogP contribution in [-0.4, -0.2) is 32.6 Å². The van der Waals surface area contributed by atoms with E-state index in [2.05, 4.69) is 10.1 Å². The van der Waals surface area contributed by atoms with E-state index in [1.54, 1.807) is 31.3 Å². The van der Waals surface area contributed by atoms with Crippen LogP contribution < -0.4 is 10.2 Å². The second kappa shape index (κ2) is 8.68. The zero-order valence-corrected chi connectivity index (χ0v) is 14.9. The number of alkyl halides is 3. The molecule has 2 aromatic carbocycles. The minimum Gasteiger partial charge on any atom is -0.465 e. The van der Waals surface area contributed by atoms with Crippen LogP contribution in [0.4, 0.5) is 18.9 Å². The van der Waals surface area contributed by atoms with Crippen molar-refractivity contribution in [2.45, 2.75) is 12.7 Å². The minimum absolute atomic E-state index is 0.139. The van der Waals surface area contributed by atoms with Gasteiger partial charge in [-0.15, -0.1) is 0 Å². The van der Waals surface area contributed by atoms with Crippen molar-refractivity contribution in [3.8, 4) is 0 Å². The van der Waals surface area contributed by atoms with E-state index in [0.29, 0.717) is 23.4 Å². The summed E-state index contributed by atoms with van der Waals surface area (Å²) in [5, 5.41) is 2.71. The summed E-state index contributed by atoms with van der Waals surface area (Å²) in [7, 11) is 3.06. The monoisotopic (exact) mass is 381 g/mol. The Balaban J connectivity index is 1.87. The summed E-state index contributed by atoms with van der Waals surface area (Å²) in [4.78, 5) is 24.3. The predicted molar refractivity (Wildman–Crippen MR) is 93.3 cm³/mol. The predicted octanol–water partition coefficient (Wildman–Crippen LogP) is 2.15. The number of hydrogen-bond acceptors (Lipinski definition) is 3. The van der Waals surface area contributed by atoms with Crippen molar-refractivity contribution in [1.82, 2.24) is 0 Å². The molecule has 1 amide bonds. The fraction of sp³-hybridized carbons (Fsp3) is 0.263. The largest absolute Gasteiger partial charge is 0.465 e. The van der Waals surface area contributed by atoms with Crippen LogP contribution in [0.3, 0.4) is 0 Å². The molecule has 0 aliphatic carbocycles. The third-order valence-corrected chi connectivity index (χ3v) is 3.84. The smallest absolute Gasteiger partial charge is 0.416 e. The number of quaternary nitrogens is 1. The van der Waals surface area contributed by atoms with Gasteiger partial charge in [0, 0.05) is 11.3 Å². The molecule has 1 atom stereocenters. The molecule has 0 radical (unpaired) electrons. The van der Waals surface area contributed by atoms with Crippen molar-refractivity contribution in [3.63, 3.8) is 0 Å². The van der Waals surface area contributed by atoms with Gasteiger partial charge >= 0.3 is 12.1 Å². The van der Waals surface area contributed by atoms with E-state index in [4.69, 9.17) is 0 Å². The lowest BCUT2D eigenvalue weighted by molar-refractivity contribution is -0.885. The number of carbonyl (C=O) groups is 2. The van der Waals surface area contributed by atoms with Crippen LogP contribution in [0.25, 0.3) is 0 Å². The summed E-state index contributed by atoms with van der Waals surface area (Å²) in [6, 6.07) is 11.2. The summed E-state index contributed by atoms with van der Waals surface area (Å²) in [6.45, 7) is 0.548. The third-order valence-electron chi connectivity index (χ3n) is 3.84. The summed E-state index contributed by atoms with van der Waals surface area (Å²) >= 11 is 0. The molecule has 5 nitrogen and oxygen atoms in total. The van der Waals surface area contributed by atoms with Gasteiger partial charge in [-0.3, -0.25) is 4.79 Å². The Kier molecular flexibility index (Phi) is 6.57. The first-order valence-corrected chi connectivity index (χ1v) is 8.14. The van der Waals surface area contributed by atoms with Gasteiger partial charge in [-0.05, 0) is 36.4 Å². The van der Waals surface area contributed by atoms with Gasteiger partial charge in [-0.25, -0.2) is 4.79 Å². The highest BCUT2D eigenvalue weighted by Gasteiger charge is 2.30. The SMILES string of the molecule is COC(=O)c1ccc(NC(=O)C[NH+](C)Cc2ccc(C(F)(F)F)cc2)cc1.